The Labute approximate surface area is 82.1 Å². The van der Waals surface area contributed by atoms with Crippen molar-refractivity contribution >= 4 is 27.8 Å². The maximum Gasteiger partial charge on any atom is 0.250 e. The summed E-state index contributed by atoms with van der Waals surface area (Å²) in [7, 11) is -3.30. The van der Waals surface area contributed by atoms with Crippen LogP contribution in [0.4, 0.5) is 0 Å². The lowest BCUT2D eigenvalue weighted by molar-refractivity contribution is 0.604. The molecule has 0 aromatic heterocycles. The highest BCUT2D eigenvalue weighted by Crippen LogP contribution is 2.07. The van der Waals surface area contributed by atoms with E-state index in [-0.39, 0.29) is 0 Å². The number of halogens is 1. The summed E-state index contributed by atoms with van der Waals surface area (Å²) in [6, 6.07) is 6.73. The highest BCUT2D eigenvalue weighted by atomic mass is 35.5. The van der Waals surface area contributed by atoms with Gasteiger partial charge in [-0.25, -0.2) is 8.42 Å². The first-order valence-electron chi connectivity index (χ1n) is 3.48. The fraction of sp³-hybridized carbons (Fsp3) is 0.125. The maximum atomic E-state index is 10.6. The number of hydrogen-bond donors (Lipinski definition) is 0. The minimum absolute atomic E-state index is 0.608. The molecule has 1 rings (SSSR count). The Morgan fingerprint density at radius 2 is 1.85 bits per heavy atom. The highest BCUT2D eigenvalue weighted by Gasteiger charge is 1.94. The number of sulfonamides is 1. The van der Waals surface area contributed by atoms with Crippen LogP contribution in [0.1, 0.15) is 5.56 Å². The van der Waals surface area contributed by atoms with Gasteiger partial charge in [0.1, 0.15) is 0 Å². The molecular formula is C8H8ClNO2S. The summed E-state index contributed by atoms with van der Waals surface area (Å²) in [5.41, 5.74) is 0.704. The summed E-state index contributed by atoms with van der Waals surface area (Å²) in [6.45, 7) is 0. The third-order valence-corrected chi connectivity index (χ3v) is 2.00. The van der Waals surface area contributed by atoms with Crippen LogP contribution in [0.3, 0.4) is 0 Å². The Morgan fingerprint density at radius 3 is 2.31 bits per heavy atom. The molecule has 0 heterocycles. The third kappa shape index (κ3) is 4.05. The van der Waals surface area contributed by atoms with Gasteiger partial charge >= 0.3 is 0 Å². The van der Waals surface area contributed by atoms with Gasteiger partial charge in [-0.15, -0.1) is 0 Å². The van der Waals surface area contributed by atoms with Gasteiger partial charge in [0, 0.05) is 11.2 Å². The molecule has 0 radical (unpaired) electrons. The van der Waals surface area contributed by atoms with Crippen LogP contribution >= 0.6 is 11.6 Å². The van der Waals surface area contributed by atoms with E-state index in [1.54, 1.807) is 24.3 Å². The second-order valence-electron chi connectivity index (χ2n) is 2.52. The Hall–Kier alpha value is -0.870. The molecular weight excluding hydrogens is 210 g/mol. The molecule has 0 spiro atoms. The second-order valence-corrected chi connectivity index (χ2v) is 4.63. The molecule has 70 valence electrons. The van der Waals surface area contributed by atoms with Crippen LogP contribution in [-0.2, 0) is 10.0 Å². The fourth-order valence-electron chi connectivity index (χ4n) is 0.705. The van der Waals surface area contributed by atoms with Gasteiger partial charge in [-0.05, 0) is 17.7 Å². The molecule has 13 heavy (non-hydrogen) atoms. The minimum atomic E-state index is -3.30. The zero-order valence-corrected chi connectivity index (χ0v) is 8.51. The smallest absolute Gasteiger partial charge is 0.205 e. The molecule has 0 atom stereocenters. The van der Waals surface area contributed by atoms with Crippen LogP contribution < -0.4 is 0 Å². The topological polar surface area (TPSA) is 46.5 Å². The van der Waals surface area contributed by atoms with E-state index >= 15 is 0 Å². The monoisotopic (exact) mass is 217 g/mol. The first-order chi connectivity index (χ1) is 5.97. The molecule has 0 aliphatic heterocycles. The largest absolute Gasteiger partial charge is 0.250 e. The maximum absolute atomic E-state index is 10.6. The van der Waals surface area contributed by atoms with E-state index in [9.17, 15) is 8.42 Å². The average molecular weight is 218 g/mol. The summed E-state index contributed by atoms with van der Waals surface area (Å²) >= 11 is 5.64. The van der Waals surface area contributed by atoms with Crippen molar-refractivity contribution in [1.29, 1.82) is 0 Å². The molecule has 0 unspecified atom stereocenters. The number of rotatable bonds is 2. The van der Waals surface area contributed by atoms with E-state index in [1.807, 2.05) is 0 Å². The van der Waals surface area contributed by atoms with Crippen molar-refractivity contribution in [3.05, 3.63) is 34.9 Å². The standard InChI is InChI=1S/C8H8ClNO2S/c1-13(11,12)10-6-7-2-4-8(9)5-3-7/h2-6H,1H3. The first-order valence-corrected chi connectivity index (χ1v) is 5.71. The summed E-state index contributed by atoms with van der Waals surface area (Å²) in [5, 5.41) is 0.608. The van der Waals surface area contributed by atoms with E-state index in [2.05, 4.69) is 4.40 Å². The Morgan fingerprint density at radius 1 is 1.31 bits per heavy atom. The summed E-state index contributed by atoms with van der Waals surface area (Å²) in [6.07, 6.45) is 2.32. The van der Waals surface area contributed by atoms with Gasteiger partial charge in [0.2, 0.25) is 10.0 Å². The summed E-state index contributed by atoms with van der Waals surface area (Å²) < 4.78 is 24.7. The Bertz CT molecular complexity index is 408. The Balaban J connectivity index is 2.88. The molecule has 5 heteroatoms. The first kappa shape index (κ1) is 10.2. The number of benzene rings is 1. The summed E-state index contributed by atoms with van der Waals surface area (Å²) in [5.74, 6) is 0. The van der Waals surface area contributed by atoms with Gasteiger partial charge in [-0.2, -0.15) is 4.40 Å². The molecule has 1 aromatic rings. The SMILES string of the molecule is CS(=O)(=O)N=Cc1ccc(Cl)cc1. The normalized spacial score (nSPS) is 12.2. The van der Waals surface area contributed by atoms with Gasteiger partial charge < -0.3 is 0 Å². The van der Waals surface area contributed by atoms with E-state index in [0.29, 0.717) is 10.6 Å². The lowest BCUT2D eigenvalue weighted by Gasteiger charge is -1.91. The molecule has 0 aliphatic rings. The van der Waals surface area contributed by atoms with Crippen LogP contribution in [0.25, 0.3) is 0 Å². The van der Waals surface area contributed by atoms with Crippen LogP contribution in [0, 0.1) is 0 Å². The van der Waals surface area contributed by atoms with Crippen molar-refractivity contribution in [2.24, 2.45) is 4.40 Å². The predicted molar refractivity (Wildman–Crippen MR) is 53.9 cm³/mol. The van der Waals surface area contributed by atoms with Gasteiger partial charge in [0.25, 0.3) is 0 Å². The van der Waals surface area contributed by atoms with E-state index in [4.69, 9.17) is 11.6 Å². The molecule has 0 aliphatic carbocycles. The number of nitrogens with zero attached hydrogens (tertiary/aromatic N) is 1. The van der Waals surface area contributed by atoms with Crippen LogP contribution in [0.15, 0.2) is 28.7 Å². The van der Waals surface area contributed by atoms with Gasteiger partial charge in [0.15, 0.2) is 0 Å². The van der Waals surface area contributed by atoms with Crippen LogP contribution in [-0.4, -0.2) is 20.9 Å². The van der Waals surface area contributed by atoms with Crippen molar-refractivity contribution in [2.45, 2.75) is 0 Å². The van der Waals surface area contributed by atoms with Crippen molar-refractivity contribution < 1.29 is 8.42 Å². The molecule has 1 aromatic carbocycles. The van der Waals surface area contributed by atoms with Crippen LogP contribution in [0.5, 0.6) is 0 Å². The van der Waals surface area contributed by atoms with Crippen LogP contribution in [0.2, 0.25) is 5.02 Å². The summed E-state index contributed by atoms with van der Waals surface area (Å²) in [4.78, 5) is 0. The van der Waals surface area contributed by atoms with E-state index in [0.717, 1.165) is 6.26 Å². The average Bonchev–Trinajstić information content (AvgIpc) is 2.02. The third-order valence-electron chi connectivity index (χ3n) is 1.26. The number of hydrogen-bond acceptors (Lipinski definition) is 2. The van der Waals surface area contributed by atoms with Gasteiger partial charge in [-0.1, -0.05) is 23.7 Å². The molecule has 0 N–H and O–H groups in total. The fourth-order valence-corrected chi connectivity index (χ4v) is 1.14. The van der Waals surface area contributed by atoms with E-state index < -0.39 is 10.0 Å². The van der Waals surface area contributed by atoms with Crippen molar-refractivity contribution in [3.8, 4) is 0 Å². The predicted octanol–water partition coefficient (Wildman–Crippen LogP) is 1.72. The molecule has 3 nitrogen and oxygen atoms in total. The van der Waals surface area contributed by atoms with Crippen molar-refractivity contribution in [2.75, 3.05) is 6.26 Å². The molecule has 0 bridgehead atoms. The highest BCUT2D eigenvalue weighted by molar-refractivity contribution is 7.89. The minimum Gasteiger partial charge on any atom is -0.205 e. The quantitative estimate of drug-likeness (QED) is 0.709. The molecule has 0 amide bonds. The molecule has 0 saturated carbocycles. The lowest BCUT2D eigenvalue weighted by atomic mass is 10.2. The second kappa shape index (κ2) is 3.89. The van der Waals surface area contributed by atoms with Crippen molar-refractivity contribution in [1.82, 2.24) is 0 Å². The van der Waals surface area contributed by atoms with E-state index in [1.165, 1.54) is 6.21 Å². The van der Waals surface area contributed by atoms with Gasteiger partial charge in [0.05, 0.1) is 6.26 Å². The van der Waals surface area contributed by atoms with Crippen molar-refractivity contribution in [3.63, 3.8) is 0 Å². The zero-order chi connectivity index (χ0) is 9.90. The molecule has 0 saturated heterocycles. The zero-order valence-electron chi connectivity index (χ0n) is 6.94. The molecule has 0 fully saturated rings. The Kier molecular flexibility index (Phi) is 3.06. The lowest BCUT2D eigenvalue weighted by Crippen LogP contribution is -1.91. The van der Waals surface area contributed by atoms with Gasteiger partial charge in [-0.3, -0.25) is 0 Å².